The molecule has 0 aromatic heterocycles. The van der Waals surface area contributed by atoms with Gasteiger partial charge in [0.05, 0.1) is 18.6 Å². The molecule has 0 spiro atoms. The number of aliphatic hydroxyl groups is 1. The molecule has 0 heterocycles. The molecular weight excluding hydrogens is 272 g/mol. The quantitative estimate of drug-likeness (QED) is 0.838. The second kappa shape index (κ2) is 7.08. The summed E-state index contributed by atoms with van der Waals surface area (Å²) < 4.78 is 0. The maximum absolute atomic E-state index is 12.6. The van der Waals surface area contributed by atoms with Crippen LogP contribution in [0, 0.1) is 0 Å². The van der Waals surface area contributed by atoms with Crippen LogP contribution in [-0.2, 0) is 4.79 Å². The van der Waals surface area contributed by atoms with Crippen LogP contribution in [0.4, 0.5) is 10.5 Å². The minimum absolute atomic E-state index is 0.0734. The Labute approximate surface area is 124 Å². The van der Waals surface area contributed by atoms with E-state index in [1.54, 1.807) is 45.2 Å². The van der Waals surface area contributed by atoms with E-state index in [0.717, 1.165) is 0 Å². The molecule has 0 saturated carbocycles. The van der Waals surface area contributed by atoms with E-state index < -0.39 is 11.5 Å². The summed E-state index contributed by atoms with van der Waals surface area (Å²) in [5.74, 6) is -0.965. The van der Waals surface area contributed by atoms with Crippen molar-refractivity contribution in [3.63, 3.8) is 0 Å². The third-order valence-electron chi connectivity index (χ3n) is 3.43. The van der Waals surface area contributed by atoms with Crippen LogP contribution < -0.4 is 4.90 Å². The van der Waals surface area contributed by atoms with Gasteiger partial charge < -0.3 is 15.1 Å². The Morgan fingerprint density at radius 2 is 1.76 bits per heavy atom. The van der Waals surface area contributed by atoms with E-state index in [1.807, 2.05) is 6.07 Å². The van der Waals surface area contributed by atoms with Crippen LogP contribution in [0.5, 0.6) is 0 Å². The van der Waals surface area contributed by atoms with E-state index in [1.165, 1.54) is 9.80 Å². The first-order valence-electron chi connectivity index (χ1n) is 6.72. The maximum atomic E-state index is 12.6. The van der Waals surface area contributed by atoms with Gasteiger partial charge in [-0.25, -0.2) is 4.79 Å². The first-order chi connectivity index (χ1) is 9.79. The number of rotatable bonds is 6. The van der Waals surface area contributed by atoms with Gasteiger partial charge in [-0.05, 0) is 26.0 Å². The topological polar surface area (TPSA) is 81.1 Å². The normalized spacial score (nSPS) is 11.0. The monoisotopic (exact) mass is 294 g/mol. The molecule has 2 N–H and O–H groups in total. The van der Waals surface area contributed by atoms with E-state index in [-0.39, 0.29) is 25.6 Å². The zero-order valence-corrected chi connectivity index (χ0v) is 12.6. The smallest absolute Gasteiger partial charge is 0.324 e. The number of anilines is 1. The molecule has 116 valence electrons. The lowest BCUT2D eigenvalue weighted by molar-refractivity contribution is -0.136. The molecule has 1 rings (SSSR count). The SMILES string of the molecule is CN(C(=O)N(CCC(=O)O)c1ccccc1)C(C)(C)CO. The van der Waals surface area contributed by atoms with Gasteiger partial charge in [-0.2, -0.15) is 0 Å². The van der Waals surface area contributed by atoms with Gasteiger partial charge in [-0.15, -0.1) is 0 Å². The number of hydrogen-bond acceptors (Lipinski definition) is 3. The molecular formula is C15H22N2O4. The van der Waals surface area contributed by atoms with Crippen molar-refractivity contribution in [2.45, 2.75) is 25.8 Å². The molecule has 2 amide bonds. The Morgan fingerprint density at radius 3 is 2.24 bits per heavy atom. The van der Waals surface area contributed by atoms with Gasteiger partial charge in [-0.1, -0.05) is 18.2 Å². The highest BCUT2D eigenvalue weighted by Gasteiger charge is 2.30. The Morgan fingerprint density at radius 1 is 1.19 bits per heavy atom. The highest BCUT2D eigenvalue weighted by molar-refractivity contribution is 5.92. The van der Waals surface area contributed by atoms with Gasteiger partial charge in [-0.3, -0.25) is 9.69 Å². The number of carboxylic acids is 1. The minimum Gasteiger partial charge on any atom is -0.481 e. The van der Waals surface area contributed by atoms with Gasteiger partial charge in [0.2, 0.25) is 0 Å². The van der Waals surface area contributed by atoms with Crippen molar-refractivity contribution in [2.24, 2.45) is 0 Å². The number of aliphatic hydroxyl groups excluding tert-OH is 1. The standard InChI is InChI=1S/C15H22N2O4/c1-15(2,11-18)16(3)14(21)17(10-9-13(19)20)12-7-5-4-6-8-12/h4-8,18H,9-11H2,1-3H3,(H,19,20). The average molecular weight is 294 g/mol. The molecule has 0 atom stereocenters. The molecule has 0 bridgehead atoms. The number of hydrogen-bond donors (Lipinski definition) is 2. The van der Waals surface area contributed by atoms with Crippen molar-refractivity contribution in [2.75, 3.05) is 25.1 Å². The van der Waals surface area contributed by atoms with Gasteiger partial charge in [0.1, 0.15) is 0 Å². The number of carboxylic acid groups (broad SMARTS) is 1. The molecule has 1 aromatic carbocycles. The lowest BCUT2D eigenvalue weighted by Gasteiger charge is -2.37. The van der Waals surface area contributed by atoms with Crippen LogP contribution in [0.3, 0.4) is 0 Å². The summed E-state index contributed by atoms with van der Waals surface area (Å²) in [4.78, 5) is 26.2. The van der Waals surface area contributed by atoms with Crippen LogP contribution in [0.25, 0.3) is 0 Å². The number of likely N-dealkylation sites (N-methyl/N-ethyl adjacent to an activating group) is 1. The molecule has 0 fully saturated rings. The molecule has 0 radical (unpaired) electrons. The summed E-state index contributed by atoms with van der Waals surface area (Å²) in [6.45, 7) is 3.37. The maximum Gasteiger partial charge on any atom is 0.324 e. The highest BCUT2D eigenvalue weighted by atomic mass is 16.4. The van der Waals surface area contributed by atoms with E-state index in [0.29, 0.717) is 5.69 Å². The molecule has 21 heavy (non-hydrogen) atoms. The van der Waals surface area contributed by atoms with Crippen LogP contribution in [0.2, 0.25) is 0 Å². The molecule has 1 aromatic rings. The lowest BCUT2D eigenvalue weighted by atomic mass is 10.1. The summed E-state index contributed by atoms with van der Waals surface area (Å²) in [7, 11) is 1.59. The van der Waals surface area contributed by atoms with Crippen molar-refractivity contribution in [3.8, 4) is 0 Å². The van der Waals surface area contributed by atoms with Gasteiger partial charge >= 0.3 is 12.0 Å². The predicted molar refractivity (Wildman–Crippen MR) is 80.4 cm³/mol. The second-order valence-corrected chi connectivity index (χ2v) is 5.44. The van der Waals surface area contributed by atoms with Gasteiger partial charge in [0.25, 0.3) is 0 Å². The lowest BCUT2D eigenvalue weighted by Crippen LogP contribution is -2.53. The number of nitrogens with zero attached hydrogens (tertiary/aromatic N) is 2. The Kier molecular flexibility index (Phi) is 5.72. The molecule has 0 unspecified atom stereocenters. The molecule has 0 aliphatic carbocycles. The van der Waals surface area contributed by atoms with Crippen LogP contribution in [-0.4, -0.2) is 52.9 Å². The van der Waals surface area contributed by atoms with Gasteiger partial charge in [0, 0.05) is 19.3 Å². The molecule has 0 aliphatic heterocycles. The summed E-state index contributed by atoms with van der Waals surface area (Å²) >= 11 is 0. The first kappa shape index (κ1) is 17.0. The number of aliphatic carboxylic acids is 1. The van der Waals surface area contributed by atoms with Crippen molar-refractivity contribution in [1.29, 1.82) is 0 Å². The van der Waals surface area contributed by atoms with Crippen LogP contribution >= 0.6 is 0 Å². The number of urea groups is 1. The number of para-hydroxylation sites is 1. The first-order valence-corrected chi connectivity index (χ1v) is 6.72. The molecule has 6 heteroatoms. The summed E-state index contributed by atoms with van der Waals surface area (Å²) in [5.41, 5.74) is -0.0998. The molecule has 0 aliphatic rings. The van der Waals surface area contributed by atoms with Crippen molar-refractivity contribution in [1.82, 2.24) is 4.90 Å². The third-order valence-corrected chi connectivity index (χ3v) is 3.43. The fraction of sp³-hybridized carbons (Fsp3) is 0.467. The van der Waals surface area contributed by atoms with E-state index in [2.05, 4.69) is 0 Å². The zero-order valence-electron chi connectivity index (χ0n) is 12.6. The largest absolute Gasteiger partial charge is 0.481 e. The summed E-state index contributed by atoms with van der Waals surface area (Å²) in [6.07, 6.45) is -0.145. The number of carbonyl (C=O) groups is 2. The predicted octanol–water partition coefficient (Wildman–Crippen LogP) is 1.79. The average Bonchev–Trinajstić information content (AvgIpc) is 2.47. The Balaban J connectivity index is 3.01. The Bertz CT molecular complexity index is 488. The number of benzene rings is 1. The van der Waals surface area contributed by atoms with Crippen LogP contribution in [0.1, 0.15) is 20.3 Å². The van der Waals surface area contributed by atoms with Crippen molar-refractivity contribution >= 4 is 17.7 Å². The number of amides is 2. The van der Waals surface area contributed by atoms with Crippen molar-refractivity contribution in [3.05, 3.63) is 30.3 Å². The van der Waals surface area contributed by atoms with E-state index >= 15 is 0 Å². The molecule has 6 nitrogen and oxygen atoms in total. The van der Waals surface area contributed by atoms with E-state index in [9.17, 15) is 14.7 Å². The second-order valence-electron chi connectivity index (χ2n) is 5.44. The number of carbonyl (C=O) groups excluding carboxylic acids is 1. The summed E-state index contributed by atoms with van der Waals surface area (Å²) in [6, 6.07) is 8.55. The third kappa shape index (κ3) is 4.46. The highest BCUT2D eigenvalue weighted by Crippen LogP contribution is 2.20. The minimum atomic E-state index is -0.965. The Hall–Kier alpha value is -2.08. The van der Waals surface area contributed by atoms with E-state index in [4.69, 9.17) is 5.11 Å². The summed E-state index contributed by atoms with van der Waals surface area (Å²) in [5, 5.41) is 18.2. The molecule has 0 saturated heterocycles. The zero-order chi connectivity index (χ0) is 16.0. The van der Waals surface area contributed by atoms with Crippen LogP contribution in [0.15, 0.2) is 30.3 Å². The van der Waals surface area contributed by atoms with Gasteiger partial charge in [0.15, 0.2) is 0 Å². The fourth-order valence-corrected chi connectivity index (χ4v) is 1.70. The fourth-order valence-electron chi connectivity index (χ4n) is 1.70. The van der Waals surface area contributed by atoms with Crippen molar-refractivity contribution < 1.29 is 19.8 Å².